The van der Waals surface area contributed by atoms with Crippen molar-refractivity contribution in [1.82, 2.24) is 24.8 Å². The number of methoxy groups -OCH3 is 1. The number of piperidine rings is 1. The van der Waals surface area contributed by atoms with E-state index in [1.54, 1.807) is 7.11 Å². The van der Waals surface area contributed by atoms with E-state index in [1.165, 1.54) is 16.7 Å². The second kappa shape index (κ2) is 8.53. The molecule has 0 bridgehead atoms. The summed E-state index contributed by atoms with van der Waals surface area (Å²) in [6, 6.07) is 4.50. The maximum Gasteiger partial charge on any atom is 0.276 e. The van der Waals surface area contributed by atoms with Crippen molar-refractivity contribution in [3.8, 4) is 5.75 Å². The van der Waals surface area contributed by atoms with Crippen LogP contribution in [-0.2, 0) is 6.54 Å². The SMILES string of the molecule is COc1ccc(CN2CCCC(n3cc(C(=O)N4CCCC4)nn3)C2)c(C)c1C. The first-order valence-corrected chi connectivity index (χ1v) is 10.6. The number of rotatable bonds is 5. The third kappa shape index (κ3) is 4.15. The number of carbonyl (C=O) groups is 1. The summed E-state index contributed by atoms with van der Waals surface area (Å²) in [5.41, 5.74) is 4.32. The first kappa shape index (κ1) is 19.9. The van der Waals surface area contributed by atoms with Crippen molar-refractivity contribution in [2.75, 3.05) is 33.3 Å². The first-order valence-electron chi connectivity index (χ1n) is 10.6. The van der Waals surface area contributed by atoms with Gasteiger partial charge in [0.15, 0.2) is 5.69 Å². The largest absolute Gasteiger partial charge is 0.496 e. The molecule has 0 saturated carbocycles. The molecule has 29 heavy (non-hydrogen) atoms. The molecule has 156 valence electrons. The van der Waals surface area contributed by atoms with Gasteiger partial charge in [-0.05, 0) is 68.8 Å². The van der Waals surface area contributed by atoms with Crippen LogP contribution in [0.15, 0.2) is 18.3 Å². The van der Waals surface area contributed by atoms with Gasteiger partial charge in [0.05, 0.1) is 19.3 Å². The van der Waals surface area contributed by atoms with Crippen LogP contribution < -0.4 is 4.74 Å². The minimum atomic E-state index is 0.0192. The highest BCUT2D eigenvalue weighted by Gasteiger charge is 2.26. The van der Waals surface area contributed by atoms with Crippen molar-refractivity contribution < 1.29 is 9.53 Å². The van der Waals surface area contributed by atoms with Crippen LogP contribution >= 0.6 is 0 Å². The molecular formula is C22H31N5O2. The quantitative estimate of drug-likeness (QED) is 0.776. The van der Waals surface area contributed by atoms with Crippen molar-refractivity contribution in [1.29, 1.82) is 0 Å². The normalized spacial score (nSPS) is 20.2. The van der Waals surface area contributed by atoms with Gasteiger partial charge in [-0.25, -0.2) is 4.68 Å². The highest BCUT2D eigenvalue weighted by atomic mass is 16.5. The van der Waals surface area contributed by atoms with E-state index in [4.69, 9.17) is 4.74 Å². The summed E-state index contributed by atoms with van der Waals surface area (Å²) in [6.45, 7) is 8.88. The summed E-state index contributed by atoms with van der Waals surface area (Å²) in [4.78, 5) is 16.9. The Morgan fingerprint density at radius 2 is 1.93 bits per heavy atom. The standard InChI is InChI=1S/C22H31N5O2/c1-16-17(2)21(29-3)9-8-18(16)13-25-10-6-7-19(14-25)27-15-20(23-24-27)22(28)26-11-4-5-12-26/h8-9,15,19H,4-7,10-14H2,1-3H3. The smallest absolute Gasteiger partial charge is 0.276 e. The van der Waals surface area contributed by atoms with Crippen LogP contribution in [0.2, 0.25) is 0 Å². The number of hydrogen-bond donors (Lipinski definition) is 0. The van der Waals surface area contributed by atoms with Crippen molar-refractivity contribution in [3.63, 3.8) is 0 Å². The highest BCUT2D eigenvalue weighted by Crippen LogP contribution is 2.27. The number of amides is 1. The minimum absolute atomic E-state index is 0.0192. The molecule has 2 aromatic rings. The van der Waals surface area contributed by atoms with Crippen molar-refractivity contribution >= 4 is 5.91 Å². The molecule has 0 radical (unpaired) electrons. The molecule has 7 nitrogen and oxygen atoms in total. The Bertz CT molecular complexity index is 872. The van der Waals surface area contributed by atoms with Crippen LogP contribution in [0.3, 0.4) is 0 Å². The van der Waals surface area contributed by atoms with E-state index in [0.29, 0.717) is 5.69 Å². The third-order valence-corrected chi connectivity index (χ3v) is 6.44. The fourth-order valence-corrected chi connectivity index (χ4v) is 4.51. The molecule has 3 heterocycles. The Labute approximate surface area is 172 Å². The van der Waals surface area contributed by atoms with Crippen LogP contribution in [0.1, 0.15) is 58.9 Å². The second-order valence-electron chi connectivity index (χ2n) is 8.29. The first-order chi connectivity index (χ1) is 14.1. The van der Waals surface area contributed by atoms with E-state index in [9.17, 15) is 4.79 Å². The predicted octanol–water partition coefficient (Wildman–Crippen LogP) is 2.98. The molecule has 1 unspecified atom stereocenters. The zero-order chi connectivity index (χ0) is 20.4. The molecular weight excluding hydrogens is 366 g/mol. The Hall–Kier alpha value is -2.41. The van der Waals surface area contributed by atoms with E-state index in [1.807, 2.05) is 15.8 Å². The fraction of sp³-hybridized carbons (Fsp3) is 0.591. The van der Waals surface area contributed by atoms with E-state index in [-0.39, 0.29) is 11.9 Å². The zero-order valence-electron chi connectivity index (χ0n) is 17.7. The molecule has 0 aliphatic carbocycles. The maximum absolute atomic E-state index is 12.6. The number of likely N-dealkylation sites (tertiary alicyclic amines) is 2. The average molecular weight is 398 g/mol. The Morgan fingerprint density at radius 1 is 1.14 bits per heavy atom. The zero-order valence-corrected chi connectivity index (χ0v) is 17.7. The van der Waals surface area contributed by atoms with Crippen LogP contribution in [0, 0.1) is 13.8 Å². The van der Waals surface area contributed by atoms with E-state index < -0.39 is 0 Å². The van der Waals surface area contributed by atoms with Gasteiger partial charge in [0.2, 0.25) is 0 Å². The summed E-state index contributed by atoms with van der Waals surface area (Å²) in [6.07, 6.45) is 6.20. The number of benzene rings is 1. The summed E-state index contributed by atoms with van der Waals surface area (Å²) in [5, 5.41) is 8.48. The molecule has 1 atom stereocenters. The van der Waals surface area contributed by atoms with Gasteiger partial charge in [0, 0.05) is 26.2 Å². The molecule has 7 heteroatoms. The summed E-state index contributed by atoms with van der Waals surface area (Å²) in [5.74, 6) is 0.964. The molecule has 1 amide bonds. The summed E-state index contributed by atoms with van der Waals surface area (Å²) in [7, 11) is 1.72. The second-order valence-corrected chi connectivity index (χ2v) is 8.29. The van der Waals surface area contributed by atoms with E-state index >= 15 is 0 Å². The Morgan fingerprint density at radius 3 is 2.69 bits per heavy atom. The monoisotopic (exact) mass is 397 g/mol. The molecule has 0 N–H and O–H groups in total. The van der Waals surface area contributed by atoms with Gasteiger partial charge in [-0.2, -0.15) is 0 Å². The minimum Gasteiger partial charge on any atom is -0.496 e. The number of nitrogens with zero attached hydrogens (tertiary/aromatic N) is 5. The molecule has 0 spiro atoms. The number of aromatic nitrogens is 3. The molecule has 2 aliphatic heterocycles. The number of ether oxygens (including phenoxy) is 1. The van der Waals surface area contributed by atoms with Crippen LogP contribution in [0.4, 0.5) is 0 Å². The van der Waals surface area contributed by atoms with Crippen LogP contribution in [0.5, 0.6) is 5.75 Å². The van der Waals surface area contributed by atoms with Crippen molar-refractivity contribution in [2.45, 2.75) is 52.1 Å². The predicted molar refractivity (Wildman–Crippen MR) is 111 cm³/mol. The lowest BCUT2D eigenvalue weighted by Gasteiger charge is -2.33. The van der Waals surface area contributed by atoms with Gasteiger partial charge >= 0.3 is 0 Å². The van der Waals surface area contributed by atoms with Gasteiger partial charge in [-0.3, -0.25) is 9.69 Å². The lowest BCUT2D eigenvalue weighted by Crippen LogP contribution is -2.36. The van der Waals surface area contributed by atoms with Crippen LogP contribution in [0.25, 0.3) is 0 Å². The number of hydrogen-bond acceptors (Lipinski definition) is 5. The maximum atomic E-state index is 12.6. The summed E-state index contributed by atoms with van der Waals surface area (Å²) < 4.78 is 7.35. The molecule has 1 aromatic carbocycles. The summed E-state index contributed by atoms with van der Waals surface area (Å²) >= 11 is 0. The third-order valence-electron chi connectivity index (χ3n) is 6.44. The Balaban J connectivity index is 1.42. The molecule has 1 aromatic heterocycles. The van der Waals surface area contributed by atoms with Gasteiger partial charge in [0.25, 0.3) is 5.91 Å². The number of carbonyl (C=O) groups excluding carboxylic acids is 1. The molecule has 2 aliphatic rings. The van der Waals surface area contributed by atoms with Gasteiger partial charge in [-0.15, -0.1) is 5.10 Å². The molecule has 2 fully saturated rings. The van der Waals surface area contributed by atoms with Gasteiger partial charge < -0.3 is 9.64 Å². The van der Waals surface area contributed by atoms with Gasteiger partial charge in [0.1, 0.15) is 5.75 Å². The highest BCUT2D eigenvalue weighted by molar-refractivity contribution is 5.92. The Kier molecular flexibility index (Phi) is 5.85. The van der Waals surface area contributed by atoms with Crippen LogP contribution in [-0.4, -0.2) is 64.0 Å². The topological polar surface area (TPSA) is 63.5 Å². The molecule has 4 rings (SSSR count). The van der Waals surface area contributed by atoms with Gasteiger partial charge in [-0.1, -0.05) is 11.3 Å². The lowest BCUT2D eigenvalue weighted by atomic mass is 10.00. The van der Waals surface area contributed by atoms with Crippen molar-refractivity contribution in [2.24, 2.45) is 0 Å². The fourth-order valence-electron chi connectivity index (χ4n) is 4.51. The van der Waals surface area contributed by atoms with E-state index in [0.717, 1.165) is 64.2 Å². The molecule has 2 saturated heterocycles. The van der Waals surface area contributed by atoms with Crippen molar-refractivity contribution in [3.05, 3.63) is 40.7 Å². The van der Waals surface area contributed by atoms with E-state index in [2.05, 4.69) is 41.2 Å². The lowest BCUT2D eigenvalue weighted by molar-refractivity contribution is 0.0787. The average Bonchev–Trinajstić information content (AvgIpc) is 3.44.